The number of halogens is 2. The zero-order chi connectivity index (χ0) is 19.5. The van der Waals surface area contributed by atoms with Crippen molar-refractivity contribution in [3.8, 4) is 11.5 Å². The van der Waals surface area contributed by atoms with Crippen LogP contribution < -0.4 is 20.1 Å². The van der Waals surface area contributed by atoms with Gasteiger partial charge in [0.2, 0.25) is 0 Å². The highest BCUT2D eigenvalue weighted by Crippen LogP contribution is 2.36. The maximum absolute atomic E-state index is 8.76. The minimum absolute atomic E-state index is 0.165. The molecule has 5 nitrogen and oxygen atoms in total. The summed E-state index contributed by atoms with van der Waals surface area (Å²) in [6.07, 6.45) is 0.975. The van der Waals surface area contributed by atoms with Crippen LogP contribution in [-0.2, 0) is 13.2 Å². The summed E-state index contributed by atoms with van der Waals surface area (Å²) < 4.78 is 12.6. The van der Waals surface area contributed by atoms with E-state index in [2.05, 4.69) is 26.6 Å². The van der Waals surface area contributed by atoms with E-state index in [0.717, 1.165) is 40.9 Å². The minimum atomic E-state index is 0.165. The molecule has 0 atom stereocenters. The third-order valence-corrected chi connectivity index (χ3v) is 4.98. The summed E-state index contributed by atoms with van der Waals surface area (Å²) in [7, 11) is 1.64. The van der Waals surface area contributed by atoms with Crippen molar-refractivity contribution >= 4 is 27.5 Å². The lowest BCUT2D eigenvalue weighted by atomic mass is 10.1. The number of hydrogen-bond acceptors (Lipinski definition) is 5. The summed E-state index contributed by atoms with van der Waals surface area (Å²) in [4.78, 5) is 0. The third-order valence-electron chi connectivity index (χ3n) is 3.98. The summed E-state index contributed by atoms with van der Waals surface area (Å²) in [5.74, 6) is 1.43. The molecule has 0 bridgehead atoms. The van der Waals surface area contributed by atoms with E-state index < -0.39 is 0 Å². The Morgan fingerprint density at radius 1 is 1.04 bits per heavy atom. The van der Waals surface area contributed by atoms with E-state index in [1.54, 1.807) is 7.11 Å². The first kappa shape index (κ1) is 22.0. The topological polar surface area (TPSA) is 62.8 Å². The molecule has 0 aromatic heterocycles. The van der Waals surface area contributed by atoms with Crippen molar-refractivity contribution in [2.45, 2.75) is 19.6 Å². The van der Waals surface area contributed by atoms with Crippen LogP contribution in [0.5, 0.6) is 11.5 Å². The summed E-state index contributed by atoms with van der Waals surface area (Å²) in [5.41, 5.74) is 2.06. The van der Waals surface area contributed by atoms with E-state index in [9.17, 15) is 0 Å². The van der Waals surface area contributed by atoms with Gasteiger partial charge in [-0.3, -0.25) is 0 Å². The Morgan fingerprint density at radius 2 is 1.78 bits per heavy atom. The van der Waals surface area contributed by atoms with Gasteiger partial charge in [0, 0.05) is 28.1 Å². The van der Waals surface area contributed by atoms with Crippen LogP contribution in [0, 0.1) is 0 Å². The lowest BCUT2D eigenvalue weighted by Gasteiger charge is -2.17. The number of rotatable bonds is 12. The second-order valence-electron chi connectivity index (χ2n) is 5.98. The predicted molar refractivity (Wildman–Crippen MR) is 113 cm³/mol. The zero-order valence-electron chi connectivity index (χ0n) is 15.4. The Balaban J connectivity index is 1.99. The Kier molecular flexibility index (Phi) is 9.94. The maximum atomic E-state index is 8.76. The molecule has 0 spiro atoms. The largest absolute Gasteiger partial charge is 0.493 e. The van der Waals surface area contributed by atoms with E-state index in [1.807, 2.05) is 36.4 Å². The molecule has 148 valence electrons. The molecule has 2 rings (SSSR count). The zero-order valence-corrected chi connectivity index (χ0v) is 17.8. The fourth-order valence-corrected chi connectivity index (χ4v) is 3.14. The minimum Gasteiger partial charge on any atom is -0.493 e. The molecule has 2 aromatic carbocycles. The fraction of sp³-hybridized carbons (Fsp3) is 0.400. The molecule has 7 heteroatoms. The number of hydrogen-bond donors (Lipinski definition) is 3. The molecule has 27 heavy (non-hydrogen) atoms. The van der Waals surface area contributed by atoms with E-state index in [-0.39, 0.29) is 6.61 Å². The van der Waals surface area contributed by atoms with Crippen LogP contribution >= 0.6 is 27.5 Å². The Labute approximate surface area is 174 Å². The van der Waals surface area contributed by atoms with Gasteiger partial charge in [0.1, 0.15) is 6.61 Å². The molecular weight excluding hydrogens is 432 g/mol. The lowest BCUT2D eigenvalue weighted by Crippen LogP contribution is -2.24. The van der Waals surface area contributed by atoms with Gasteiger partial charge in [-0.15, -0.1) is 0 Å². The molecule has 3 N–H and O–H groups in total. The molecule has 0 aliphatic heterocycles. The van der Waals surface area contributed by atoms with Crippen LogP contribution in [0.15, 0.2) is 40.9 Å². The summed E-state index contributed by atoms with van der Waals surface area (Å²) in [6, 6.07) is 11.5. The summed E-state index contributed by atoms with van der Waals surface area (Å²) >= 11 is 9.56. The van der Waals surface area contributed by atoms with Crippen molar-refractivity contribution in [2.75, 3.05) is 33.4 Å². The van der Waals surface area contributed by atoms with Gasteiger partial charge in [0.15, 0.2) is 11.5 Å². The van der Waals surface area contributed by atoms with Crippen LogP contribution in [0.2, 0.25) is 5.02 Å². The summed E-state index contributed by atoms with van der Waals surface area (Å²) in [5, 5.41) is 16.1. The quantitative estimate of drug-likeness (QED) is 0.424. The number of ether oxygens (including phenoxy) is 2. The van der Waals surface area contributed by atoms with Crippen molar-refractivity contribution < 1.29 is 14.6 Å². The highest BCUT2D eigenvalue weighted by molar-refractivity contribution is 9.10. The Morgan fingerprint density at radius 3 is 2.48 bits per heavy atom. The average Bonchev–Trinajstić information content (AvgIpc) is 2.68. The number of aliphatic hydroxyl groups excluding tert-OH is 1. The standard InChI is InChI=1S/C20H26BrClN2O3/c1-26-19-8-7-18(21)17(13-24-10-2-9-23-11-12-25)20(19)27-14-15-3-5-16(22)6-4-15/h3-8,23-25H,2,9-14H2,1H3. The lowest BCUT2D eigenvalue weighted by molar-refractivity contribution is 0.280. The molecule has 0 aliphatic rings. The first-order valence-electron chi connectivity index (χ1n) is 8.90. The molecule has 2 aromatic rings. The molecule has 0 saturated heterocycles. The monoisotopic (exact) mass is 456 g/mol. The summed E-state index contributed by atoms with van der Waals surface area (Å²) in [6.45, 7) is 3.61. The molecule has 0 unspecified atom stereocenters. The van der Waals surface area contributed by atoms with Gasteiger partial charge in [-0.2, -0.15) is 0 Å². The fourth-order valence-electron chi connectivity index (χ4n) is 2.56. The van der Waals surface area contributed by atoms with Gasteiger partial charge in [-0.1, -0.05) is 39.7 Å². The van der Waals surface area contributed by atoms with Crippen molar-refractivity contribution in [1.82, 2.24) is 10.6 Å². The van der Waals surface area contributed by atoms with Crippen molar-refractivity contribution in [2.24, 2.45) is 0 Å². The molecule has 0 saturated carbocycles. The van der Waals surface area contributed by atoms with E-state index in [4.69, 9.17) is 26.2 Å². The van der Waals surface area contributed by atoms with Gasteiger partial charge in [0.25, 0.3) is 0 Å². The van der Waals surface area contributed by atoms with Crippen LogP contribution in [0.1, 0.15) is 17.5 Å². The number of benzene rings is 2. The Bertz CT molecular complexity index is 698. The number of nitrogens with one attached hydrogen (secondary N) is 2. The molecule has 0 radical (unpaired) electrons. The highest BCUT2D eigenvalue weighted by Gasteiger charge is 2.14. The normalized spacial score (nSPS) is 10.8. The van der Waals surface area contributed by atoms with E-state index >= 15 is 0 Å². The van der Waals surface area contributed by atoms with Crippen molar-refractivity contribution in [3.05, 3.63) is 57.0 Å². The smallest absolute Gasteiger partial charge is 0.167 e. The number of methoxy groups -OCH3 is 1. The van der Waals surface area contributed by atoms with Crippen LogP contribution in [0.25, 0.3) is 0 Å². The molecule has 0 aliphatic carbocycles. The van der Waals surface area contributed by atoms with Gasteiger partial charge in [-0.25, -0.2) is 0 Å². The molecule has 0 amide bonds. The number of aliphatic hydroxyl groups is 1. The molecule has 0 fully saturated rings. The van der Waals surface area contributed by atoms with Crippen LogP contribution in [-0.4, -0.2) is 38.5 Å². The SMILES string of the molecule is COc1ccc(Br)c(CNCCCNCCO)c1OCc1ccc(Cl)cc1. The average molecular weight is 458 g/mol. The second kappa shape index (κ2) is 12.2. The van der Waals surface area contributed by atoms with E-state index in [0.29, 0.717) is 30.5 Å². The third kappa shape index (κ3) is 7.31. The van der Waals surface area contributed by atoms with Gasteiger partial charge >= 0.3 is 0 Å². The van der Waals surface area contributed by atoms with Gasteiger partial charge in [0.05, 0.1) is 13.7 Å². The van der Waals surface area contributed by atoms with E-state index in [1.165, 1.54) is 0 Å². The molecular formula is C20H26BrClN2O3. The van der Waals surface area contributed by atoms with Crippen molar-refractivity contribution in [1.29, 1.82) is 0 Å². The first-order chi connectivity index (χ1) is 13.2. The predicted octanol–water partition coefficient (Wildman–Crippen LogP) is 3.75. The molecule has 0 heterocycles. The first-order valence-corrected chi connectivity index (χ1v) is 10.1. The van der Waals surface area contributed by atoms with Crippen LogP contribution in [0.4, 0.5) is 0 Å². The van der Waals surface area contributed by atoms with Gasteiger partial charge in [-0.05, 0) is 49.3 Å². The highest BCUT2D eigenvalue weighted by atomic mass is 79.9. The maximum Gasteiger partial charge on any atom is 0.167 e. The second-order valence-corrected chi connectivity index (χ2v) is 7.27. The van der Waals surface area contributed by atoms with Crippen LogP contribution in [0.3, 0.4) is 0 Å². The Hall–Kier alpha value is -1.31. The van der Waals surface area contributed by atoms with Crippen molar-refractivity contribution in [3.63, 3.8) is 0 Å². The van der Waals surface area contributed by atoms with Gasteiger partial charge < -0.3 is 25.2 Å².